The summed E-state index contributed by atoms with van der Waals surface area (Å²) < 4.78 is 40.6. The van der Waals surface area contributed by atoms with Gasteiger partial charge in [-0.25, -0.2) is 0 Å². The lowest BCUT2D eigenvalue weighted by molar-refractivity contribution is -0.275. The second-order valence-corrected chi connectivity index (χ2v) is 4.70. The van der Waals surface area contributed by atoms with Crippen LogP contribution in [0, 0.1) is 0 Å². The molecule has 1 saturated heterocycles. The van der Waals surface area contributed by atoms with Gasteiger partial charge in [0.25, 0.3) is 0 Å². The molecule has 1 fully saturated rings. The number of phenolic OH excluding ortho intramolecular Hbond substituents is 1. The van der Waals surface area contributed by atoms with Crippen LogP contribution in [0.5, 0.6) is 11.5 Å². The lowest BCUT2D eigenvalue weighted by Crippen LogP contribution is -2.44. The number of hydrogen-bond acceptors (Lipinski definition) is 4. The molecule has 0 unspecified atom stereocenters. The van der Waals surface area contributed by atoms with Crippen molar-refractivity contribution < 1.29 is 23.0 Å². The molecule has 0 aromatic heterocycles. The Kier molecular flexibility index (Phi) is 4.39. The van der Waals surface area contributed by atoms with Crippen LogP contribution >= 0.6 is 0 Å². The summed E-state index contributed by atoms with van der Waals surface area (Å²) >= 11 is 0. The first-order chi connectivity index (χ1) is 9.38. The molecule has 1 aromatic carbocycles. The maximum Gasteiger partial charge on any atom is 0.573 e. The summed E-state index contributed by atoms with van der Waals surface area (Å²) in [4.78, 5) is 2.10. The van der Waals surface area contributed by atoms with Crippen LogP contribution in [0.2, 0.25) is 0 Å². The van der Waals surface area contributed by atoms with Gasteiger partial charge in [-0.15, -0.1) is 13.2 Å². The summed E-state index contributed by atoms with van der Waals surface area (Å²) in [5.41, 5.74) is 0.439. The summed E-state index contributed by atoms with van der Waals surface area (Å²) in [7, 11) is 0. The molecular weight excluding hydrogens is 273 g/mol. The number of halogens is 3. The minimum Gasteiger partial charge on any atom is -0.504 e. The van der Waals surface area contributed by atoms with Gasteiger partial charge >= 0.3 is 6.36 Å². The number of nitrogens with zero attached hydrogens (tertiary/aromatic N) is 1. The first-order valence-corrected chi connectivity index (χ1v) is 6.41. The molecule has 0 aliphatic carbocycles. The smallest absolute Gasteiger partial charge is 0.504 e. The first-order valence-electron chi connectivity index (χ1n) is 6.41. The number of phenols is 1. The summed E-state index contributed by atoms with van der Waals surface area (Å²) in [6.07, 6.45) is -4.81. The van der Waals surface area contributed by atoms with Gasteiger partial charge in [0.1, 0.15) is 0 Å². The van der Waals surface area contributed by atoms with Gasteiger partial charge in [0, 0.05) is 37.8 Å². The van der Waals surface area contributed by atoms with Gasteiger partial charge in [0.05, 0.1) is 0 Å². The minimum atomic E-state index is -4.81. The zero-order chi connectivity index (χ0) is 14.8. The Morgan fingerprint density at radius 1 is 1.30 bits per heavy atom. The van der Waals surface area contributed by atoms with E-state index < -0.39 is 17.9 Å². The Morgan fingerprint density at radius 3 is 2.55 bits per heavy atom. The molecule has 1 heterocycles. The van der Waals surface area contributed by atoms with Gasteiger partial charge in [0.2, 0.25) is 0 Å². The van der Waals surface area contributed by atoms with E-state index in [-0.39, 0.29) is 6.04 Å². The molecule has 0 bridgehead atoms. The van der Waals surface area contributed by atoms with Crippen molar-refractivity contribution in [2.75, 3.05) is 26.2 Å². The fourth-order valence-electron chi connectivity index (χ4n) is 2.35. The number of benzene rings is 1. The lowest BCUT2D eigenvalue weighted by Gasteiger charge is -2.33. The van der Waals surface area contributed by atoms with E-state index in [1.165, 1.54) is 6.07 Å². The maximum absolute atomic E-state index is 12.3. The molecular formula is C13H17F3N2O2. The number of piperazine rings is 1. The Bertz CT molecular complexity index is 459. The third-order valence-corrected chi connectivity index (χ3v) is 3.41. The third-order valence-electron chi connectivity index (χ3n) is 3.41. The number of nitrogens with one attached hydrogen (secondary N) is 1. The van der Waals surface area contributed by atoms with Crippen molar-refractivity contribution in [3.8, 4) is 11.5 Å². The van der Waals surface area contributed by atoms with E-state index in [1.807, 2.05) is 6.92 Å². The number of alkyl halides is 3. The molecule has 4 nitrogen and oxygen atoms in total. The second kappa shape index (κ2) is 5.88. The molecule has 1 aliphatic rings. The highest BCUT2D eigenvalue weighted by Crippen LogP contribution is 2.38. The van der Waals surface area contributed by atoms with Crippen LogP contribution in [-0.4, -0.2) is 42.5 Å². The van der Waals surface area contributed by atoms with E-state index in [0.29, 0.717) is 5.56 Å². The Morgan fingerprint density at radius 2 is 1.95 bits per heavy atom. The van der Waals surface area contributed by atoms with Crippen LogP contribution in [0.15, 0.2) is 18.2 Å². The van der Waals surface area contributed by atoms with Gasteiger partial charge in [-0.2, -0.15) is 0 Å². The number of rotatable bonds is 3. The van der Waals surface area contributed by atoms with E-state index in [9.17, 15) is 18.3 Å². The fourth-order valence-corrected chi connectivity index (χ4v) is 2.35. The topological polar surface area (TPSA) is 44.7 Å². The maximum atomic E-state index is 12.3. The zero-order valence-corrected chi connectivity index (χ0v) is 11.1. The van der Waals surface area contributed by atoms with Crippen molar-refractivity contribution in [3.05, 3.63) is 23.8 Å². The third kappa shape index (κ3) is 3.55. The summed E-state index contributed by atoms with van der Waals surface area (Å²) in [5, 5.41) is 13.2. The van der Waals surface area contributed by atoms with Crippen LogP contribution in [0.25, 0.3) is 0 Å². The lowest BCUT2D eigenvalue weighted by atomic mass is 10.0. The molecule has 112 valence electrons. The first kappa shape index (κ1) is 14.9. The van der Waals surface area contributed by atoms with Crippen LogP contribution in [0.3, 0.4) is 0 Å². The zero-order valence-electron chi connectivity index (χ0n) is 11.1. The number of ether oxygens (including phenoxy) is 1. The molecule has 0 saturated carbocycles. The predicted octanol–water partition coefficient (Wildman–Crippen LogP) is 2.26. The highest BCUT2D eigenvalue weighted by Gasteiger charge is 2.33. The van der Waals surface area contributed by atoms with Gasteiger partial charge < -0.3 is 15.2 Å². The van der Waals surface area contributed by atoms with E-state index in [4.69, 9.17) is 0 Å². The second-order valence-electron chi connectivity index (χ2n) is 4.70. The van der Waals surface area contributed by atoms with Crippen LogP contribution < -0.4 is 10.1 Å². The van der Waals surface area contributed by atoms with Gasteiger partial charge in [-0.05, 0) is 13.0 Å². The number of hydrogen-bond donors (Lipinski definition) is 2. The van der Waals surface area contributed by atoms with E-state index in [1.54, 1.807) is 6.07 Å². The summed E-state index contributed by atoms with van der Waals surface area (Å²) in [6, 6.07) is 4.01. The molecule has 1 atom stereocenters. The summed E-state index contributed by atoms with van der Waals surface area (Å²) in [6.45, 7) is 5.07. The molecule has 2 rings (SSSR count). The minimum absolute atomic E-state index is 0.172. The standard InChI is InChI=1S/C13H17F3N2O2/c1-9(18-7-5-17-6-8-18)10-3-2-4-11(12(10)19)20-13(14,15)16/h2-4,9,17,19H,5-8H2,1H3/t9-/m0/s1. The van der Waals surface area contributed by atoms with E-state index in [2.05, 4.69) is 15.0 Å². The SMILES string of the molecule is C[C@@H](c1cccc(OC(F)(F)F)c1O)N1CCNCC1. The van der Waals surface area contributed by atoms with Crippen molar-refractivity contribution in [1.82, 2.24) is 10.2 Å². The van der Waals surface area contributed by atoms with Gasteiger partial charge in [0.15, 0.2) is 11.5 Å². The van der Waals surface area contributed by atoms with Crippen LogP contribution in [-0.2, 0) is 0 Å². The Hall–Kier alpha value is -1.47. The molecule has 20 heavy (non-hydrogen) atoms. The molecule has 0 spiro atoms. The fraction of sp³-hybridized carbons (Fsp3) is 0.538. The molecule has 0 radical (unpaired) electrons. The predicted molar refractivity (Wildman–Crippen MR) is 67.6 cm³/mol. The van der Waals surface area contributed by atoms with Crippen molar-refractivity contribution >= 4 is 0 Å². The normalized spacial score (nSPS) is 18.8. The molecule has 1 aromatic rings. The van der Waals surface area contributed by atoms with E-state index >= 15 is 0 Å². The Labute approximate surface area is 115 Å². The van der Waals surface area contributed by atoms with Gasteiger partial charge in [-0.1, -0.05) is 12.1 Å². The van der Waals surface area contributed by atoms with Crippen molar-refractivity contribution in [2.45, 2.75) is 19.3 Å². The Balaban J connectivity index is 2.21. The average molecular weight is 290 g/mol. The van der Waals surface area contributed by atoms with Crippen molar-refractivity contribution in [3.63, 3.8) is 0 Å². The highest BCUT2D eigenvalue weighted by molar-refractivity contribution is 5.46. The molecule has 2 N–H and O–H groups in total. The molecule has 0 amide bonds. The largest absolute Gasteiger partial charge is 0.573 e. The molecule has 7 heteroatoms. The van der Waals surface area contributed by atoms with Crippen molar-refractivity contribution in [1.29, 1.82) is 0 Å². The van der Waals surface area contributed by atoms with Crippen LogP contribution in [0.4, 0.5) is 13.2 Å². The monoisotopic (exact) mass is 290 g/mol. The summed E-state index contributed by atoms with van der Waals surface area (Å²) in [5.74, 6) is -1.01. The molecule has 1 aliphatic heterocycles. The number of para-hydroxylation sites is 1. The van der Waals surface area contributed by atoms with E-state index in [0.717, 1.165) is 32.2 Å². The quantitative estimate of drug-likeness (QED) is 0.896. The van der Waals surface area contributed by atoms with Crippen molar-refractivity contribution in [2.24, 2.45) is 0 Å². The van der Waals surface area contributed by atoms with Crippen LogP contribution in [0.1, 0.15) is 18.5 Å². The highest BCUT2D eigenvalue weighted by atomic mass is 19.4. The average Bonchev–Trinajstić information content (AvgIpc) is 2.40. The van der Waals surface area contributed by atoms with Gasteiger partial charge in [-0.3, -0.25) is 4.90 Å². The number of aromatic hydroxyl groups is 1.